The van der Waals surface area contributed by atoms with Gasteiger partial charge in [0.1, 0.15) is 0 Å². The highest BCUT2D eigenvalue weighted by molar-refractivity contribution is 5.70. The van der Waals surface area contributed by atoms with E-state index in [1.807, 2.05) is 0 Å². The van der Waals surface area contributed by atoms with Gasteiger partial charge in [0, 0.05) is 26.0 Å². The second kappa shape index (κ2) is 45.3. The molecule has 0 bridgehead atoms. The molecule has 0 radical (unpaired) electrons. The molecule has 7 nitrogen and oxygen atoms in total. The summed E-state index contributed by atoms with van der Waals surface area (Å²) in [6.07, 6.45) is 40.2. The van der Waals surface area contributed by atoms with Gasteiger partial charge >= 0.3 is 11.9 Å². The summed E-state index contributed by atoms with van der Waals surface area (Å²) >= 11 is 0. The Hall–Kier alpha value is -1.18. The molecule has 0 fully saturated rings. The molecule has 0 aromatic heterocycles. The second-order valence-corrected chi connectivity index (χ2v) is 18.0. The summed E-state index contributed by atoms with van der Waals surface area (Å²) in [4.78, 5) is 27.9. The van der Waals surface area contributed by atoms with Crippen molar-refractivity contribution in [2.45, 2.75) is 265 Å². The average molecular weight is 824 g/mol. The van der Waals surface area contributed by atoms with Gasteiger partial charge < -0.3 is 24.6 Å². The normalized spacial score (nSPS) is 13.2. The maximum Gasteiger partial charge on any atom is 0.306 e. The van der Waals surface area contributed by atoms with Gasteiger partial charge in [-0.15, -0.1) is 0 Å². The molecule has 58 heavy (non-hydrogen) atoms. The van der Waals surface area contributed by atoms with Crippen molar-refractivity contribution in [1.29, 1.82) is 0 Å². The van der Waals surface area contributed by atoms with Crippen LogP contribution >= 0.6 is 0 Å². The van der Waals surface area contributed by atoms with Crippen molar-refractivity contribution in [2.24, 2.45) is 11.8 Å². The number of esters is 2. The number of carbonyl (C=O) groups excluding carboxylic acids is 2. The zero-order chi connectivity index (χ0) is 42.6. The Bertz CT molecular complexity index is 855. The highest BCUT2D eigenvalue weighted by Crippen LogP contribution is 2.24. The molecule has 0 aliphatic heterocycles. The lowest BCUT2D eigenvalue weighted by Crippen LogP contribution is -2.34. The minimum absolute atomic E-state index is 0.00622. The number of hydrogen-bond acceptors (Lipinski definition) is 7. The highest BCUT2D eigenvalue weighted by Gasteiger charge is 2.17. The third-order valence-electron chi connectivity index (χ3n) is 12.2. The summed E-state index contributed by atoms with van der Waals surface area (Å²) < 4.78 is 11.4. The third-order valence-corrected chi connectivity index (χ3v) is 12.2. The monoisotopic (exact) mass is 824 g/mol. The summed E-state index contributed by atoms with van der Waals surface area (Å²) in [7, 11) is 0. The SMILES string of the molecule is CCCCCCCCC(CCCCCC)CC(=O)OCCCCCCN(CCCCCO)CC(O)CCCCOC(=O)CC(CCCCCC)CCCCCCCC. The van der Waals surface area contributed by atoms with Gasteiger partial charge in [0.15, 0.2) is 0 Å². The Morgan fingerprint density at radius 2 is 0.759 bits per heavy atom. The summed E-state index contributed by atoms with van der Waals surface area (Å²) in [6, 6.07) is 0. The van der Waals surface area contributed by atoms with Crippen molar-refractivity contribution in [3.63, 3.8) is 0 Å². The van der Waals surface area contributed by atoms with E-state index >= 15 is 0 Å². The van der Waals surface area contributed by atoms with Crippen LogP contribution in [-0.4, -0.2) is 72.6 Å². The highest BCUT2D eigenvalue weighted by atomic mass is 16.5. The molecule has 346 valence electrons. The molecule has 0 amide bonds. The van der Waals surface area contributed by atoms with Gasteiger partial charge in [-0.05, 0) is 102 Å². The number of rotatable bonds is 47. The molecule has 3 unspecified atom stereocenters. The van der Waals surface area contributed by atoms with Gasteiger partial charge in [-0.2, -0.15) is 0 Å². The number of aliphatic hydroxyl groups is 2. The van der Waals surface area contributed by atoms with E-state index in [0.717, 1.165) is 96.6 Å². The predicted octanol–water partition coefficient (Wildman–Crippen LogP) is 14.1. The van der Waals surface area contributed by atoms with Crippen molar-refractivity contribution in [2.75, 3.05) is 39.5 Å². The molecule has 0 aromatic carbocycles. The summed E-state index contributed by atoms with van der Waals surface area (Å²) in [5.74, 6) is 0.873. The van der Waals surface area contributed by atoms with Gasteiger partial charge in [-0.1, -0.05) is 169 Å². The quantitative estimate of drug-likeness (QED) is 0.0466. The fourth-order valence-corrected chi connectivity index (χ4v) is 8.39. The molecule has 0 saturated carbocycles. The van der Waals surface area contributed by atoms with Crippen LogP contribution in [0.5, 0.6) is 0 Å². The van der Waals surface area contributed by atoms with E-state index in [9.17, 15) is 19.8 Å². The minimum Gasteiger partial charge on any atom is -0.466 e. The van der Waals surface area contributed by atoms with E-state index in [0.29, 0.717) is 50.9 Å². The molecule has 0 heterocycles. The van der Waals surface area contributed by atoms with Crippen molar-refractivity contribution >= 4 is 11.9 Å². The second-order valence-electron chi connectivity index (χ2n) is 18.0. The number of aliphatic hydroxyl groups excluding tert-OH is 2. The zero-order valence-corrected chi connectivity index (χ0v) is 39.4. The van der Waals surface area contributed by atoms with E-state index < -0.39 is 6.10 Å². The van der Waals surface area contributed by atoms with Crippen LogP contribution in [0.2, 0.25) is 0 Å². The van der Waals surface area contributed by atoms with Crippen LogP contribution in [0.3, 0.4) is 0 Å². The summed E-state index contributed by atoms with van der Waals surface area (Å²) in [5.41, 5.74) is 0. The fourth-order valence-electron chi connectivity index (χ4n) is 8.39. The smallest absolute Gasteiger partial charge is 0.306 e. The molecule has 0 rings (SSSR count). The Labute approximate surface area is 361 Å². The first-order valence-corrected chi connectivity index (χ1v) is 25.7. The third kappa shape index (κ3) is 40.2. The average Bonchev–Trinajstić information content (AvgIpc) is 3.21. The van der Waals surface area contributed by atoms with Crippen LogP contribution in [-0.2, 0) is 19.1 Å². The lowest BCUT2D eigenvalue weighted by molar-refractivity contribution is -0.146. The van der Waals surface area contributed by atoms with E-state index in [2.05, 4.69) is 32.6 Å². The van der Waals surface area contributed by atoms with Crippen molar-refractivity contribution < 1.29 is 29.3 Å². The molecule has 0 aromatic rings. The zero-order valence-electron chi connectivity index (χ0n) is 39.4. The molecule has 3 atom stereocenters. The standard InChI is InChI=1S/C51H101NO6/c1-5-9-13-17-19-26-36-47(34-24-15-11-7-3)44-50(55)57-42-32-22-21-29-39-52(40-30-23-31-41-53)46-49(54)38-28-33-43-58-51(56)45-48(35-25-16-12-8-4)37-27-20-18-14-10-6-2/h47-49,53-54H,5-46H2,1-4H3. The number of carbonyl (C=O) groups is 2. The Kier molecular flexibility index (Phi) is 44.4. The van der Waals surface area contributed by atoms with Crippen LogP contribution in [0.15, 0.2) is 0 Å². The fraction of sp³-hybridized carbons (Fsp3) is 0.961. The maximum atomic E-state index is 12.8. The van der Waals surface area contributed by atoms with Crippen LogP contribution in [0.1, 0.15) is 259 Å². The molecule has 0 aliphatic rings. The number of hydrogen-bond donors (Lipinski definition) is 2. The van der Waals surface area contributed by atoms with Gasteiger partial charge in [0.05, 0.1) is 19.3 Å². The number of ether oxygens (including phenoxy) is 2. The Morgan fingerprint density at radius 3 is 1.19 bits per heavy atom. The molecular formula is C51H101NO6. The topological polar surface area (TPSA) is 96.3 Å². The van der Waals surface area contributed by atoms with Gasteiger partial charge in [0.2, 0.25) is 0 Å². The van der Waals surface area contributed by atoms with Gasteiger partial charge in [0.25, 0.3) is 0 Å². The largest absolute Gasteiger partial charge is 0.466 e. The lowest BCUT2D eigenvalue weighted by atomic mass is 9.91. The molecule has 7 heteroatoms. The van der Waals surface area contributed by atoms with Crippen molar-refractivity contribution in [3.8, 4) is 0 Å². The van der Waals surface area contributed by atoms with E-state index in [1.165, 1.54) is 128 Å². The molecular weight excluding hydrogens is 723 g/mol. The Balaban J connectivity index is 4.47. The van der Waals surface area contributed by atoms with Gasteiger partial charge in [-0.3, -0.25) is 9.59 Å². The summed E-state index contributed by atoms with van der Waals surface area (Å²) in [5, 5.41) is 20.2. The molecule has 0 aliphatic carbocycles. The lowest BCUT2D eigenvalue weighted by Gasteiger charge is -2.25. The first-order valence-electron chi connectivity index (χ1n) is 25.7. The molecule has 0 spiro atoms. The van der Waals surface area contributed by atoms with E-state index in [4.69, 9.17) is 9.47 Å². The van der Waals surface area contributed by atoms with E-state index in [-0.39, 0.29) is 18.5 Å². The maximum absolute atomic E-state index is 12.8. The van der Waals surface area contributed by atoms with Crippen molar-refractivity contribution in [3.05, 3.63) is 0 Å². The number of nitrogens with zero attached hydrogens (tertiary/aromatic N) is 1. The van der Waals surface area contributed by atoms with Gasteiger partial charge in [-0.25, -0.2) is 0 Å². The molecule has 0 saturated heterocycles. The van der Waals surface area contributed by atoms with Crippen LogP contribution in [0.25, 0.3) is 0 Å². The van der Waals surface area contributed by atoms with Crippen LogP contribution in [0.4, 0.5) is 0 Å². The van der Waals surface area contributed by atoms with Crippen LogP contribution < -0.4 is 0 Å². The van der Waals surface area contributed by atoms with E-state index in [1.54, 1.807) is 0 Å². The summed E-state index contributed by atoms with van der Waals surface area (Å²) in [6.45, 7) is 12.8. The first kappa shape index (κ1) is 56.8. The molecule has 2 N–H and O–H groups in total. The number of unbranched alkanes of at least 4 members (excludes halogenated alkanes) is 22. The Morgan fingerprint density at radius 1 is 0.431 bits per heavy atom. The predicted molar refractivity (Wildman–Crippen MR) is 247 cm³/mol. The minimum atomic E-state index is -0.394. The van der Waals surface area contributed by atoms with Crippen molar-refractivity contribution in [1.82, 2.24) is 4.90 Å². The first-order chi connectivity index (χ1) is 28.4. The van der Waals surface area contributed by atoms with Crippen LogP contribution in [0, 0.1) is 11.8 Å².